The third-order valence-corrected chi connectivity index (χ3v) is 2.04. The van der Waals surface area contributed by atoms with Gasteiger partial charge in [-0.25, -0.2) is 0 Å². The summed E-state index contributed by atoms with van der Waals surface area (Å²) in [6, 6.07) is 0. The Bertz CT molecular complexity index is 234. The summed E-state index contributed by atoms with van der Waals surface area (Å²) in [5.41, 5.74) is 0. The van der Waals surface area contributed by atoms with Crippen LogP contribution in [0.3, 0.4) is 0 Å². The van der Waals surface area contributed by atoms with Crippen LogP contribution in [0.4, 0.5) is 0 Å². The molecule has 0 N–H and O–H groups in total. The molecule has 0 amide bonds. The minimum absolute atomic E-state index is 0.0950. The van der Waals surface area contributed by atoms with Gasteiger partial charge in [0, 0.05) is 0 Å². The molecule has 0 saturated carbocycles. The number of fused-ring (bicyclic) bond motifs is 1. The molecule has 1 aliphatic carbocycles. The van der Waals surface area contributed by atoms with E-state index in [1.165, 1.54) is 7.11 Å². The van der Waals surface area contributed by atoms with Crippen LogP contribution < -0.4 is 0 Å². The molecule has 0 spiro atoms. The second-order valence-corrected chi connectivity index (χ2v) is 2.64. The van der Waals surface area contributed by atoms with Gasteiger partial charge in [0.15, 0.2) is 0 Å². The van der Waals surface area contributed by atoms with Gasteiger partial charge in [-0.3, -0.25) is 5.21 Å². The maximum Gasteiger partial charge on any atom is 0.405 e. The van der Waals surface area contributed by atoms with E-state index < -0.39 is 0 Å². The highest BCUT2D eigenvalue weighted by Gasteiger charge is 2.41. The van der Waals surface area contributed by atoms with Crippen molar-refractivity contribution in [2.24, 2.45) is 5.92 Å². The SMILES string of the molecule is COC1=[N+]([O-])OC2C=CCC12. The second-order valence-electron chi connectivity index (χ2n) is 2.64. The quantitative estimate of drug-likeness (QED) is 0.376. The van der Waals surface area contributed by atoms with Gasteiger partial charge in [-0.05, 0) is 6.42 Å². The largest absolute Gasteiger partial charge is 0.447 e. The number of ether oxygens (including phenoxy) is 1. The van der Waals surface area contributed by atoms with Gasteiger partial charge in [0.2, 0.25) is 0 Å². The van der Waals surface area contributed by atoms with E-state index in [9.17, 15) is 5.21 Å². The van der Waals surface area contributed by atoms with Gasteiger partial charge in [-0.1, -0.05) is 12.2 Å². The van der Waals surface area contributed by atoms with Crippen molar-refractivity contribution < 1.29 is 14.5 Å². The van der Waals surface area contributed by atoms with Crippen molar-refractivity contribution >= 4 is 5.90 Å². The molecule has 1 heterocycles. The van der Waals surface area contributed by atoms with Crippen LogP contribution in [0.15, 0.2) is 12.2 Å². The molecule has 2 aliphatic rings. The number of allylic oxidation sites excluding steroid dienone is 1. The van der Waals surface area contributed by atoms with E-state index in [0.717, 1.165) is 6.42 Å². The molecule has 2 atom stereocenters. The van der Waals surface area contributed by atoms with E-state index in [0.29, 0.717) is 10.8 Å². The fourth-order valence-corrected chi connectivity index (χ4v) is 1.50. The fraction of sp³-hybridized carbons (Fsp3) is 0.571. The van der Waals surface area contributed by atoms with E-state index in [-0.39, 0.29) is 12.0 Å². The Morgan fingerprint density at radius 2 is 2.64 bits per heavy atom. The summed E-state index contributed by atoms with van der Waals surface area (Å²) in [4.78, 5) is 5.39. The standard InChI is InChI=1S/C7H9NO3/c1-10-7-5-3-2-4-6(5)11-8(7)9/h2,4-6H,3H2,1H3. The minimum atomic E-state index is -0.0950. The Balaban J connectivity index is 2.23. The molecule has 0 saturated heterocycles. The minimum Gasteiger partial charge on any atom is -0.447 e. The smallest absolute Gasteiger partial charge is 0.405 e. The lowest BCUT2D eigenvalue weighted by Gasteiger charge is -2.04. The number of hydrogen-bond acceptors (Lipinski definition) is 3. The zero-order valence-electron chi connectivity index (χ0n) is 6.19. The normalized spacial score (nSPS) is 33.9. The average Bonchev–Trinajstić information content (AvgIpc) is 2.46. The van der Waals surface area contributed by atoms with Crippen molar-refractivity contribution in [1.29, 1.82) is 0 Å². The Morgan fingerprint density at radius 1 is 1.82 bits per heavy atom. The van der Waals surface area contributed by atoms with Gasteiger partial charge in [0.25, 0.3) is 0 Å². The van der Waals surface area contributed by atoms with Crippen LogP contribution in [0.2, 0.25) is 0 Å². The summed E-state index contributed by atoms with van der Waals surface area (Å²) >= 11 is 0. The molecule has 11 heavy (non-hydrogen) atoms. The molecule has 4 heteroatoms. The summed E-state index contributed by atoms with van der Waals surface area (Å²) in [5, 5.41) is 10.9. The lowest BCUT2D eigenvalue weighted by atomic mass is 10.1. The number of hydrogen-bond donors (Lipinski definition) is 0. The van der Waals surface area contributed by atoms with E-state index >= 15 is 0 Å². The van der Waals surface area contributed by atoms with Crippen LogP contribution >= 0.6 is 0 Å². The maximum absolute atomic E-state index is 10.9. The average molecular weight is 155 g/mol. The van der Waals surface area contributed by atoms with Crippen molar-refractivity contribution in [3.05, 3.63) is 17.4 Å². The van der Waals surface area contributed by atoms with Gasteiger partial charge in [-0.2, -0.15) is 0 Å². The molecule has 4 nitrogen and oxygen atoms in total. The summed E-state index contributed by atoms with van der Waals surface area (Å²) in [6.45, 7) is 0. The highest BCUT2D eigenvalue weighted by Crippen LogP contribution is 2.28. The van der Waals surface area contributed by atoms with Crippen LogP contribution in [-0.4, -0.2) is 24.0 Å². The van der Waals surface area contributed by atoms with Crippen LogP contribution in [0.1, 0.15) is 6.42 Å². The Morgan fingerprint density at radius 3 is 3.36 bits per heavy atom. The van der Waals surface area contributed by atoms with Crippen LogP contribution in [0.5, 0.6) is 0 Å². The van der Waals surface area contributed by atoms with Gasteiger partial charge in [0.05, 0.1) is 12.0 Å². The molecular formula is C7H9NO3. The van der Waals surface area contributed by atoms with Crippen LogP contribution in [0.25, 0.3) is 0 Å². The molecule has 0 bridgehead atoms. The molecule has 2 rings (SSSR count). The second kappa shape index (κ2) is 2.15. The van der Waals surface area contributed by atoms with Crippen LogP contribution in [-0.2, 0) is 9.57 Å². The number of nitrogens with zero attached hydrogens (tertiary/aromatic N) is 1. The zero-order valence-corrected chi connectivity index (χ0v) is 6.19. The van der Waals surface area contributed by atoms with Gasteiger partial charge in [-0.15, -0.1) is 0 Å². The van der Waals surface area contributed by atoms with Gasteiger partial charge < -0.3 is 9.57 Å². The molecule has 1 aliphatic heterocycles. The Kier molecular flexibility index (Phi) is 1.27. The molecule has 0 fully saturated rings. The highest BCUT2D eigenvalue weighted by molar-refractivity contribution is 5.76. The maximum atomic E-state index is 10.9. The molecule has 0 aromatic heterocycles. The molecule has 0 aromatic carbocycles. The molecule has 60 valence electrons. The zero-order chi connectivity index (χ0) is 7.84. The van der Waals surface area contributed by atoms with Gasteiger partial charge >= 0.3 is 5.90 Å². The first-order valence-corrected chi connectivity index (χ1v) is 3.54. The van der Waals surface area contributed by atoms with Gasteiger partial charge in [0.1, 0.15) is 12.0 Å². The van der Waals surface area contributed by atoms with E-state index in [2.05, 4.69) is 0 Å². The Labute approximate surface area is 64.3 Å². The summed E-state index contributed by atoms with van der Waals surface area (Å²) in [6.07, 6.45) is 4.64. The Hall–Kier alpha value is -1.19. The van der Waals surface area contributed by atoms with Crippen molar-refractivity contribution in [2.75, 3.05) is 7.11 Å². The summed E-state index contributed by atoms with van der Waals surface area (Å²) in [5.74, 6) is 0.498. The summed E-state index contributed by atoms with van der Waals surface area (Å²) < 4.78 is 4.90. The topological polar surface area (TPSA) is 44.5 Å². The molecule has 2 unspecified atom stereocenters. The first kappa shape index (κ1) is 6.52. The van der Waals surface area contributed by atoms with Crippen LogP contribution in [0, 0.1) is 11.1 Å². The van der Waals surface area contributed by atoms with E-state index in [1.807, 2.05) is 12.2 Å². The number of rotatable bonds is 0. The molecule has 0 radical (unpaired) electrons. The highest BCUT2D eigenvalue weighted by atomic mass is 16.9. The van der Waals surface area contributed by atoms with E-state index in [4.69, 9.17) is 9.57 Å². The first-order valence-electron chi connectivity index (χ1n) is 3.54. The lowest BCUT2D eigenvalue weighted by molar-refractivity contribution is -0.741. The van der Waals surface area contributed by atoms with Crippen molar-refractivity contribution in [3.63, 3.8) is 0 Å². The lowest BCUT2D eigenvalue weighted by Crippen LogP contribution is -2.19. The van der Waals surface area contributed by atoms with Crippen molar-refractivity contribution in [3.8, 4) is 0 Å². The monoisotopic (exact) mass is 155 g/mol. The van der Waals surface area contributed by atoms with Crippen molar-refractivity contribution in [2.45, 2.75) is 12.5 Å². The molecular weight excluding hydrogens is 146 g/mol. The predicted molar refractivity (Wildman–Crippen MR) is 37.8 cm³/mol. The first-order chi connectivity index (χ1) is 5.33. The summed E-state index contributed by atoms with van der Waals surface area (Å²) in [7, 11) is 1.49. The molecule has 0 aromatic rings. The fourth-order valence-electron chi connectivity index (χ4n) is 1.50. The third-order valence-electron chi connectivity index (χ3n) is 2.04. The predicted octanol–water partition coefficient (Wildman–Crippen LogP) is 0.431. The van der Waals surface area contributed by atoms with Crippen molar-refractivity contribution in [1.82, 2.24) is 0 Å². The third kappa shape index (κ3) is 0.785. The number of methoxy groups -OCH3 is 1. The van der Waals surface area contributed by atoms with E-state index in [1.54, 1.807) is 0 Å².